The number of benzene rings is 1. The summed E-state index contributed by atoms with van der Waals surface area (Å²) >= 11 is 5.66. The number of hydrogen-bond donors (Lipinski definition) is 0. The predicted molar refractivity (Wildman–Crippen MR) is 68.3 cm³/mol. The van der Waals surface area contributed by atoms with Gasteiger partial charge in [0.2, 0.25) is 0 Å². The van der Waals surface area contributed by atoms with Gasteiger partial charge in [-0.1, -0.05) is 17.7 Å². The average Bonchev–Trinajstić information content (AvgIpc) is 2.34. The minimum absolute atomic E-state index is 0.0154. The molecule has 1 saturated heterocycles. The number of carbonyl (C=O) groups is 1. The molecular weight excluding hydrogens is 255 g/mol. The number of ketones is 1. The molecule has 0 amide bonds. The van der Waals surface area contributed by atoms with Gasteiger partial charge in [-0.25, -0.2) is 4.39 Å². The molecule has 1 aromatic rings. The molecule has 0 aromatic heterocycles. The summed E-state index contributed by atoms with van der Waals surface area (Å²) in [6.45, 7) is 0.729. The molecule has 2 rings (SSSR count). The van der Waals surface area contributed by atoms with Crippen molar-refractivity contribution in [2.24, 2.45) is 0 Å². The van der Waals surface area contributed by atoms with E-state index in [1.165, 1.54) is 6.07 Å². The second kappa shape index (κ2) is 6.30. The summed E-state index contributed by atoms with van der Waals surface area (Å²) in [5.74, 6) is -0.400. The summed E-state index contributed by atoms with van der Waals surface area (Å²) in [6.07, 6.45) is 3.60. The zero-order valence-electron chi connectivity index (χ0n) is 10.1. The van der Waals surface area contributed by atoms with Crippen LogP contribution in [0.15, 0.2) is 18.2 Å². The van der Waals surface area contributed by atoms with Crippen LogP contribution in [0.5, 0.6) is 0 Å². The van der Waals surface area contributed by atoms with Crippen molar-refractivity contribution in [2.45, 2.75) is 38.2 Å². The summed E-state index contributed by atoms with van der Waals surface area (Å²) in [5.41, 5.74) is 0.403. The standard InChI is InChI=1S/C14H16ClFO2/c15-11-5-4-10(14(16)8-11)7-12(17)9-13-3-1-2-6-18-13/h4-5,8,13H,1-3,6-7,9H2. The first-order valence-electron chi connectivity index (χ1n) is 6.22. The van der Waals surface area contributed by atoms with Gasteiger partial charge < -0.3 is 4.74 Å². The Morgan fingerprint density at radius 1 is 1.44 bits per heavy atom. The van der Waals surface area contributed by atoms with E-state index in [0.717, 1.165) is 25.9 Å². The van der Waals surface area contributed by atoms with Crippen LogP contribution >= 0.6 is 11.6 Å². The van der Waals surface area contributed by atoms with Crippen molar-refractivity contribution in [2.75, 3.05) is 6.61 Å². The summed E-state index contributed by atoms with van der Waals surface area (Å²) in [5, 5.41) is 0.347. The van der Waals surface area contributed by atoms with E-state index in [1.54, 1.807) is 12.1 Å². The van der Waals surface area contributed by atoms with Crippen LogP contribution in [-0.4, -0.2) is 18.5 Å². The SMILES string of the molecule is O=C(Cc1ccc(Cl)cc1F)CC1CCCCO1. The van der Waals surface area contributed by atoms with Crippen molar-refractivity contribution in [3.63, 3.8) is 0 Å². The Kier molecular flexibility index (Phi) is 4.72. The van der Waals surface area contributed by atoms with Crippen molar-refractivity contribution < 1.29 is 13.9 Å². The largest absolute Gasteiger partial charge is 0.378 e. The van der Waals surface area contributed by atoms with Crippen molar-refractivity contribution >= 4 is 17.4 Å². The molecule has 0 spiro atoms. The van der Waals surface area contributed by atoms with Crippen molar-refractivity contribution in [1.29, 1.82) is 0 Å². The van der Waals surface area contributed by atoms with Gasteiger partial charge in [0, 0.05) is 24.5 Å². The number of Topliss-reactive ketones (excluding diaryl/α,β-unsaturated/α-hetero) is 1. The Morgan fingerprint density at radius 2 is 2.28 bits per heavy atom. The summed E-state index contributed by atoms with van der Waals surface area (Å²) in [7, 11) is 0. The molecule has 1 fully saturated rings. The molecule has 1 aliphatic rings. The van der Waals surface area contributed by atoms with Gasteiger partial charge in [-0.3, -0.25) is 4.79 Å². The fraction of sp³-hybridized carbons (Fsp3) is 0.500. The van der Waals surface area contributed by atoms with E-state index in [0.29, 0.717) is 17.0 Å². The first kappa shape index (κ1) is 13.5. The van der Waals surface area contributed by atoms with Gasteiger partial charge in [0.15, 0.2) is 0 Å². The zero-order chi connectivity index (χ0) is 13.0. The Labute approximate surface area is 111 Å². The third kappa shape index (κ3) is 3.79. The first-order chi connectivity index (χ1) is 8.65. The molecule has 1 atom stereocenters. The molecule has 0 radical (unpaired) electrons. The van der Waals surface area contributed by atoms with Gasteiger partial charge in [-0.2, -0.15) is 0 Å². The molecule has 0 aliphatic carbocycles. The average molecular weight is 271 g/mol. The fourth-order valence-electron chi connectivity index (χ4n) is 2.17. The van der Waals surface area contributed by atoms with Crippen LogP contribution in [-0.2, 0) is 16.0 Å². The van der Waals surface area contributed by atoms with Crippen molar-refractivity contribution in [3.05, 3.63) is 34.6 Å². The Balaban J connectivity index is 1.90. The smallest absolute Gasteiger partial charge is 0.139 e. The van der Waals surface area contributed by atoms with Crippen LogP contribution in [0, 0.1) is 5.82 Å². The molecule has 2 nitrogen and oxygen atoms in total. The van der Waals surface area contributed by atoms with E-state index in [4.69, 9.17) is 16.3 Å². The van der Waals surface area contributed by atoms with E-state index in [2.05, 4.69) is 0 Å². The lowest BCUT2D eigenvalue weighted by atomic mass is 10.00. The highest BCUT2D eigenvalue weighted by Gasteiger charge is 2.18. The molecule has 4 heteroatoms. The van der Waals surface area contributed by atoms with E-state index >= 15 is 0 Å². The van der Waals surface area contributed by atoms with Gasteiger partial charge in [0.1, 0.15) is 11.6 Å². The minimum Gasteiger partial charge on any atom is -0.378 e. The van der Waals surface area contributed by atoms with Gasteiger partial charge in [-0.05, 0) is 37.0 Å². The van der Waals surface area contributed by atoms with E-state index < -0.39 is 5.82 Å². The number of carbonyl (C=O) groups excluding carboxylic acids is 1. The maximum Gasteiger partial charge on any atom is 0.139 e. The Bertz CT molecular complexity index is 428. The van der Waals surface area contributed by atoms with Gasteiger partial charge in [-0.15, -0.1) is 0 Å². The maximum atomic E-state index is 13.5. The molecule has 1 unspecified atom stereocenters. The highest BCUT2D eigenvalue weighted by Crippen LogP contribution is 2.19. The minimum atomic E-state index is -0.416. The lowest BCUT2D eigenvalue weighted by molar-refractivity contribution is -0.122. The molecule has 1 heterocycles. The van der Waals surface area contributed by atoms with Gasteiger partial charge in [0.05, 0.1) is 6.10 Å². The Hall–Kier alpha value is -0.930. The predicted octanol–water partition coefficient (Wildman–Crippen LogP) is 3.55. The van der Waals surface area contributed by atoms with Crippen LogP contribution in [0.1, 0.15) is 31.2 Å². The highest BCUT2D eigenvalue weighted by atomic mass is 35.5. The molecule has 1 aliphatic heterocycles. The van der Waals surface area contributed by atoms with Crippen molar-refractivity contribution in [3.8, 4) is 0 Å². The molecular formula is C14H16ClFO2. The van der Waals surface area contributed by atoms with E-state index in [9.17, 15) is 9.18 Å². The topological polar surface area (TPSA) is 26.3 Å². The quantitative estimate of drug-likeness (QED) is 0.836. The maximum absolute atomic E-state index is 13.5. The van der Waals surface area contributed by atoms with Crippen LogP contribution in [0.2, 0.25) is 5.02 Å². The van der Waals surface area contributed by atoms with Crippen LogP contribution in [0.4, 0.5) is 4.39 Å². The molecule has 98 valence electrons. The number of halogens is 2. The zero-order valence-corrected chi connectivity index (χ0v) is 10.9. The monoisotopic (exact) mass is 270 g/mol. The van der Waals surface area contributed by atoms with Crippen LogP contribution < -0.4 is 0 Å². The fourth-order valence-corrected chi connectivity index (χ4v) is 2.33. The molecule has 0 saturated carbocycles. The highest BCUT2D eigenvalue weighted by molar-refractivity contribution is 6.30. The number of ether oxygens (including phenoxy) is 1. The van der Waals surface area contributed by atoms with Crippen molar-refractivity contribution in [1.82, 2.24) is 0 Å². The number of hydrogen-bond acceptors (Lipinski definition) is 2. The third-order valence-electron chi connectivity index (χ3n) is 3.13. The van der Waals surface area contributed by atoms with Crippen LogP contribution in [0.3, 0.4) is 0 Å². The second-order valence-electron chi connectivity index (χ2n) is 4.64. The van der Waals surface area contributed by atoms with Gasteiger partial charge >= 0.3 is 0 Å². The summed E-state index contributed by atoms with van der Waals surface area (Å²) < 4.78 is 19.0. The van der Waals surface area contributed by atoms with E-state index in [1.807, 2.05) is 0 Å². The summed E-state index contributed by atoms with van der Waals surface area (Å²) in [4.78, 5) is 11.8. The van der Waals surface area contributed by atoms with Gasteiger partial charge in [0.25, 0.3) is 0 Å². The Morgan fingerprint density at radius 3 is 2.94 bits per heavy atom. The van der Waals surface area contributed by atoms with Crippen LogP contribution in [0.25, 0.3) is 0 Å². The summed E-state index contributed by atoms with van der Waals surface area (Å²) in [6, 6.07) is 4.41. The normalized spacial score (nSPS) is 19.8. The molecule has 0 bridgehead atoms. The molecule has 18 heavy (non-hydrogen) atoms. The lowest BCUT2D eigenvalue weighted by Gasteiger charge is -2.21. The second-order valence-corrected chi connectivity index (χ2v) is 5.08. The molecule has 0 N–H and O–H groups in total. The number of rotatable bonds is 4. The van der Waals surface area contributed by atoms with E-state index in [-0.39, 0.29) is 18.3 Å². The molecule has 1 aromatic carbocycles. The third-order valence-corrected chi connectivity index (χ3v) is 3.37. The first-order valence-corrected chi connectivity index (χ1v) is 6.60. The lowest BCUT2D eigenvalue weighted by Crippen LogP contribution is -2.23.